The predicted octanol–water partition coefficient (Wildman–Crippen LogP) is 8.39. The summed E-state index contributed by atoms with van der Waals surface area (Å²) in [4.78, 5) is 44.0. The SMILES string of the molecule is O=C(/C=C/c1cccnc1)N(CCc1ccc(O)cc1)Cc1cccc(-c2cccc(C(=O)N3CCC(CCCC4CCNCC4)CC3)c2)c1.O=C(O)C(F)(F)F. The van der Waals surface area contributed by atoms with Crippen LogP contribution in [0, 0.1) is 11.8 Å². The van der Waals surface area contributed by atoms with E-state index in [1.54, 1.807) is 36.7 Å². The number of halogens is 3. The standard InChI is InChI=1S/C43H50N4O3.C2HF3O2/c48-41-15-12-35(13-16-41)22-28-47(42(49)17-14-36-8-4-23-45-31-36)32-37-7-2-9-38(29-37)39-10-3-11-40(30-39)43(50)46-26-20-34(21-27-46)6-1-5-33-18-24-44-25-19-33;3-2(4,5)1(6)7/h2-4,7-17,23,29-31,33-34,44,48H,1,5-6,18-22,24-28,32H2;(H,6,7)/b17-14+;. The van der Waals surface area contributed by atoms with E-state index < -0.39 is 12.1 Å². The van der Waals surface area contributed by atoms with Crippen LogP contribution < -0.4 is 5.32 Å². The lowest BCUT2D eigenvalue weighted by Crippen LogP contribution is -2.38. The van der Waals surface area contributed by atoms with Gasteiger partial charge in [-0.25, -0.2) is 4.79 Å². The number of nitrogens with zero attached hydrogens (tertiary/aromatic N) is 3. The molecule has 0 saturated carbocycles. The number of alkyl halides is 3. The molecule has 302 valence electrons. The Hall–Kier alpha value is -5.49. The highest BCUT2D eigenvalue weighted by Crippen LogP contribution is 2.28. The summed E-state index contributed by atoms with van der Waals surface area (Å²) in [7, 11) is 0. The zero-order valence-electron chi connectivity index (χ0n) is 32.0. The zero-order valence-corrected chi connectivity index (χ0v) is 32.0. The van der Waals surface area contributed by atoms with Crippen molar-refractivity contribution in [1.82, 2.24) is 20.1 Å². The number of likely N-dealkylation sites (tertiary alicyclic amines) is 1. The molecule has 2 aliphatic rings. The molecule has 0 atom stereocenters. The molecule has 0 spiro atoms. The van der Waals surface area contributed by atoms with E-state index in [0.717, 1.165) is 71.1 Å². The lowest BCUT2D eigenvalue weighted by atomic mass is 9.87. The minimum absolute atomic E-state index is 0.0869. The van der Waals surface area contributed by atoms with Crippen molar-refractivity contribution in [2.24, 2.45) is 11.8 Å². The summed E-state index contributed by atoms with van der Waals surface area (Å²) in [5, 5.41) is 20.3. The smallest absolute Gasteiger partial charge is 0.490 e. The number of hydrogen-bond donors (Lipinski definition) is 3. The number of phenols is 1. The van der Waals surface area contributed by atoms with Gasteiger partial charge in [0.05, 0.1) is 0 Å². The van der Waals surface area contributed by atoms with E-state index in [1.165, 1.54) is 45.2 Å². The average molecular weight is 785 g/mol. The number of aromatic nitrogens is 1. The summed E-state index contributed by atoms with van der Waals surface area (Å²) in [5.74, 6) is -0.884. The van der Waals surface area contributed by atoms with Gasteiger partial charge in [0.1, 0.15) is 5.75 Å². The van der Waals surface area contributed by atoms with Crippen LogP contribution in [0.5, 0.6) is 5.75 Å². The Bertz CT molecular complexity index is 1920. The number of amides is 2. The molecule has 2 aliphatic heterocycles. The van der Waals surface area contributed by atoms with Gasteiger partial charge >= 0.3 is 12.1 Å². The molecular weight excluding hydrogens is 734 g/mol. The third-order valence-electron chi connectivity index (χ3n) is 10.6. The van der Waals surface area contributed by atoms with Gasteiger partial charge in [0, 0.05) is 50.2 Å². The highest BCUT2D eigenvalue weighted by atomic mass is 19.4. The average Bonchev–Trinajstić information content (AvgIpc) is 3.23. The summed E-state index contributed by atoms with van der Waals surface area (Å²) < 4.78 is 31.7. The highest BCUT2D eigenvalue weighted by molar-refractivity contribution is 5.95. The highest BCUT2D eigenvalue weighted by Gasteiger charge is 2.38. The molecule has 9 nitrogen and oxygen atoms in total. The number of pyridine rings is 1. The van der Waals surface area contributed by atoms with Crippen molar-refractivity contribution in [3.05, 3.63) is 126 Å². The van der Waals surface area contributed by atoms with Gasteiger partial charge in [0.15, 0.2) is 0 Å². The summed E-state index contributed by atoms with van der Waals surface area (Å²) in [6, 6.07) is 27.1. The van der Waals surface area contributed by atoms with E-state index >= 15 is 0 Å². The van der Waals surface area contributed by atoms with E-state index in [4.69, 9.17) is 9.90 Å². The Kier molecular flexibility index (Phi) is 15.8. The van der Waals surface area contributed by atoms with Crippen LogP contribution in [-0.2, 0) is 22.6 Å². The number of phenolic OH excluding ortho intramolecular Hbond substituents is 1. The zero-order chi connectivity index (χ0) is 40.6. The van der Waals surface area contributed by atoms with E-state index in [0.29, 0.717) is 19.5 Å². The van der Waals surface area contributed by atoms with E-state index in [-0.39, 0.29) is 17.6 Å². The molecule has 12 heteroatoms. The van der Waals surface area contributed by atoms with Gasteiger partial charge in [0.2, 0.25) is 5.91 Å². The van der Waals surface area contributed by atoms with Crippen LogP contribution in [0.15, 0.2) is 103 Å². The second kappa shape index (κ2) is 21.2. The second-order valence-corrected chi connectivity index (χ2v) is 14.7. The Morgan fingerprint density at radius 3 is 2.14 bits per heavy atom. The minimum Gasteiger partial charge on any atom is -0.508 e. The molecule has 3 N–H and O–H groups in total. The van der Waals surface area contributed by atoms with Gasteiger partial charge in [-0.3, -0.25) is 14.6 Å². The van der Waals surface area contributed by atoms with Crippen LogP contribution in [-0.4, -0.2) is 81.7 Å². The molecule has 3 heterocycles. The molecule has 2 saturated heterocycles. The number of hydrogen-bond acceptors (Lipinski definition) is 6. The first kappa shape index (κ1) is 42.6. The normalized spacial score (nSPS) is 15.2. The molecule has 2 amide bonds. The molecule has 6 rings (SSSR count). The monoisotopic (exact) mass is 784 g/mol. The lowest BCUT2D eigenvalue weighted by molar-refractivity contribution is -0.192. The van der Waals surface area contributed by atoms with Gasteiger partial charge in [0.25, 0.3) is 5.91 Å². The molecule has 2 fully saturated rings. The molecule has 1 aromatic heterocycles. The molecule has 0 bridgehead atoms. The molecule has 0 radical (unpaired) electrons. The number of benzene rings is 3. The first-order chi connectivity index (χ1) is 27.4. The number of carboxylic acids is 1. The number of carboxylic acid groups (broad SMARTS) is 1. The van der Waals surface area contributed by atoms with Gasteiger partial charge in [-0.15, -0.1) is 0 Å². The first-order valence-electron chi connectivity index (χ1n) is 19.6. The molecule has 0 aliphatic carbocycles. The second-order valence-electron chi connectivity index (χ2n) is 14.7. The topological polar surface area (TPSA) is 123 Å². The third kappa shape index (κ3) is 13.9. The summed E-state index contributed by atoms with van der Waals surface area (Å²) in [5.41, 5.74) is 5.65. The maximum Gasteiger partial charge on any atom is 0.490 e. The van der Waals surface area contributed by atoms with E-state index in [9.17, 15) is 27.9 Å². The number of rotatable bonds is 13. The largest absolute Gasteiger partial charge is 0.508 e. The Balaban J connectivity index is 0.000000811. The third-order valence-corrected chi connectivity index (χ3v) is 10.6. The van der Waals surface area contributed by atoms with Gasteiger partial charge < -0.3 is 25.3 Å². The Morgan fingerprint density at radius 1 is 0.842 bits per heavy atom. The number of nitrogens with one attached hydrogen (secondary N) is 1. The van der Waals surface area contributed by atoms with Crippen molar-refractivity contribution in [3.63, 3.8) is 0 Å². The molecule has 57 heavy (non-hydrogen) atoms. The molecule has 4 aromatic rings. The maximum atomic E-state index is 13.6. The fourth-order valence-electron chi connectivity index (χ4n) is 7.32. The number of piperidine rings is 2. The molecular formula is C45H51F3N4O5. The van der Waals surface area contributed by atoms with E-state index in [1.807, 2.05) is 64.4 Å². The van der Waals surface area contributed by atoms with Crippen molar-refractivity contribution < 1.29 is 37.8 Å². The fourth-order valence-corrected chi connectivity index (χ4v) is 7.32. The Morgan fingerprint density at radius 2 is 1.49 bits per heavy atom. The van der Waals surface area contributed by atoms with Crippen molar-refractivity contribution in [1.29, 1.82) is 0 Å². The predicted molar refractivity (Wildman–Crippen MR) is 214 cm³/mol. The number of carbonyl (C=O) groups is 3. The fraction of sp³-hybridized carbons (Fsp3) is 0.378. The van der Waals surface area contributed by atoms with Crippen LogP contribution in [0.2, 0.25) is 0 Å². The maximum absolute atomic E-state index is 13.6. The number of aromatic hydroxyl groups is 1. The number of carbonyl (C=O) groups excluding carboxylic acids is 2. The van der Waals surface area contributed by atoms with Crippen LogP contribution in [0.1, 0.15) is 72.0 Å². The summed E-state index contributed by atoms with van der Waals surface area (Å²) in [6.07, 6.45) is 11.2. The molecule has 3 aromatic carbocycles. The lowest BCUT2D eigenvalue weighted by Gasteiger charge is -2.32. The van der Waals surface area contributed by atoms with Crippen molar-refractivity contribution in [2.45, 2.75) is 64.1 Å². The number of aliphatic carboxylic acids is 1. The van der Waals surface area contributed by atoms with Crippen LogP contribution in [0.4, 0.5) is 13.2 Å². The van der Waals surface area contributed by atoms with Crippen LogP contribution >= 0.6 is 0 Å². The quantitative estimate of drug-likeness (QED) is 0.116. The van der Waals surface area contributed by atoms with Crippen molar-refractivity contribution in [3.8, 4) is 16.9 Å². The van der Waals surface area contributed by atoms with Crippen LogP contribution in [0.25, 0.3) is 17.2 Å². The van der Waals surface area contributed by atoms with Gasteiger partial charge in [-0.2, -0.15) is 13.2 Å². The van der Waals surface area contributed by atoms with Crippen LogP contribution in [0.3, 0.4) is 0 Å². The van der Waals surface area contributed by atoms with Crippen molar-refractivity contribution >= 4 is 23.9 Å². The summed E-state index contributed by atoms with van der Waals surface area (Å²) in [6.45, 7) is 4.97. The first-order valence-corrected chi connectivity index (χ1v) is 19.6. The van der Waals surface area contributed by atoms with Crippen molar-refractivity contribution in [2.75, 3.05) is 32.7 Å². The van der Waals surface area contributed by atoms with Gasteiger partial charge in [-0.1, -0.05) is 67.8 Å². The van der Waals surface area contributed by atoms with Gasteiger partial charge in [-0.05, 0) is 127 Å². The Labute approximate surface area is 332 Å². The molecule has 0 unspecified atom stereocenters. The van der Waals surface area contributed by atoms with E-state index in [2.05, 4.69) is 28.5 Å². The minimum atomic E-state index is -5.08. The summed E-state index contributed by atoms with van der Waals surface area (Å²) >= 11 is 0.